The van der Waals surface area contributed by atoms with Gasteiger partial charge in [0.15, 0.2) is 0 Å². The van der Waals surface area contributed by atoms with Crippen LogP contribution in [-0.2, 0) is 4.79 Å². The molecule has 1 amide bonds. The van der Waals surface area contributed by atoms with Crippen LogP contribution in [0, 0.1) is 25.2 Å². The van der Waals surface area contributed by atoms with E-state index < -0.39 is 0 Å². The van der Waals surface area contributed by atoms with Gasteiger partial charge in [-0.15, -0.1) is 11.8 Å². The number of carbonyl (C=O) groups excluding carboxylic acids is 1. The Bertz CT molecular complexity index is 782. The number of carbonyl (C=O) groups is 1. The van der Waals surface area contributed by atoms with Crippen molar-refractivity contribution in [3.8, 4) is 11.8 Å². The Morgan fingerprint density at radius 3 is 2.50 bits per heavy atom. The summed E-state index contributed by atoms with van der Waals surface area (Å²) in [4.78, 5) is 15.5. The molecule has 136 valence electrons. The van der Waals surface area contributed by atoms with Crippen LogP contribution in [0.3, 0.4) is 0 Å². The summed E-state index contributed by atoms with van der Waals surface area (Å²) in [5.74, 6) is 1.10. The number of aryl methyl sites for hydroxylation is 2. The Morgan fingerprint density at radius 1 is 1.15 bits per heavy atom. The summed E-state index contributed by atoms with van der Waals surface area (Å²) < 4.78 is 5.45. The van der Waals surface area contributed by atoms with Crippen molar-refractivity contribution in [3.63, 3.8) is 0 Å². The molecule has 0 atom stereocenters. The Labute approximate surface area is 159 Å². The fourth-order valence-electron chi connectivity index (χ4n) is 2.48. The molecule has 0 saturated carbocycles. The molecule has 0 aliphatic rings. The summed E-state index contributed by atoms with van der Waals surface area (Å²) in [7, 11) is 0. The van der Waals surface area contributed by atoms with E-state index in [9.17, 15) is 4.79 Å². The lowest BCUT2D eigenvalue weighted by Crippen LogP contribution is -2.33. The van der Waals surface area contributed by atoms with Crippen molar-refractivity contribution in [2.75, 3.05) is 23.8 Å². The Balaban J connectivity index is 2.08. The van der Waals surface area contributed by atoms with Crippen molar-refractivity contribution in [2.45, 2.75) is 32.1 Å². The molecule has 0 fully saturated rings. The third-order valence-electron chi connectivity index (χ3n) is 4.05. The second kappa shape index (κ2) is 9.88. The summed E-state index contributed by atoms with van der Waals surface area (Å²) in [6, 6.07) is 15.7. The lowest BCUT2D eigenvalue weighted by atomic mass is 10.1. The third kappa shape index (κ3) is 5.53. The fraction of sp³-hybridized carbons (Fsp3) is 0.333. The average Bonchev–Trinajstić information content (AvgIpc) is 2.64. The monoisotopic (exact) mass is 368 g/mol. The number of thioether (sulfide) groups is 1. The number of ether oxygens (including phenoxy) is 1. The largest absolute Gasteiger partial charge is 0.494 e. The topological polar surface area (TPSA) is 53.3 Å². The van der Waals surface area contributed by atoms with E-state index in [0.717, 1.165) is 16.3 Å². The lowest BCUT2D eigenvalue weighted by Gasteiger charge is -2.22. The minimum atomic E-state index is -0.00682. The molecule has 26 heavy (non-hydrogen) atoms. The molecular formula is C21H24N2O2S. The maximum atomic E-state index is 12.7. The van der Waals surface area contributed by atoms with Crippen LogP contribution in [0.25, 0.3) is 0 Å². The Kier molecular flexibility index (Phi) is 7.55. The first kappa shape index (κ1) is 19.9. The quantitative estimate of drug-likeness (QED) is 0.632. The Hall–Kier alpha value is -2.45. The highest BCUT2D eigenvalue weighted by Gasteiger charge is 2.16. The molecule has 0 aliphatic heterocycles. The molecule has 2 aromatic carbocycles. The molecule has 2 aromatic rings. The number of amides is 1. The molecule has 0 bridgehead atoms. The lowest BCUT2D eigenvalue weighted by molar-refractivity contribution is -0.116. The predicted molar refractivity (Wildman–Crippen MR) is 107 cm³/mol. The third-order valence-corrected chi connectivity index (χ3v) is 5.03. The summed E-state index contributed by atoms with van der Waals surface area (Å²) in [6.45, 7) is 7.06. The molecule has 0 saturated heterocycles. The van der Waals surface area contributed by atoms with E-state index in [1.54, 1.807) is 4.90 Å². The van der Waals surface area contributed by atoms with Gasteiger partial charge in [0.1, 0.15) is 5.75 Å². The zero-order chi connectivity index (χ0) is 18.9. The summed E-state index contributed by atoms with van der Waals surface area (Å²) in [6.07, 6.45) is 0.299. The highest BCUT2D eigenvalue weighted by molar-refractivity contribution is 8.00. The maximum Gasteiger partial charge on any atom is 0.237 e. The number of hydrogen-bond acceptors (Lipinski definition) is 4. The number of anilines is 1. The first-order chi connectivity index (χ1) is 12.5. The number of benzene rings is 2. The predicted octanol–water partition coefficient (Wildman–Crippen LogP) is 4.74. The van der Waals surface area contributed by atoms with Gasteiger partial charge in [-0.1, -0.05) is 6.07 Å². The van der Waals surface area contributed by atoms with Crippen LogP contribution in [0.5, 0.6) is 5.75 Å². The fourth-order valence-corrected chi connectivity index (χ4v) is 3.35. The zero-order valence-corrected chi connectivity index (χ0v) is 16.3. The van der Waals surface area contributed by atoms with Crippen LogP contribution < -0.4 is 9.64 Å². The van der Waals surface area contributed by atoms with Crippen molar-refractivity contribution in [1.29, 1.82) is 5.26 Å². The van der Waals surface area contributed by atoms with Crippen molar-refractivity contribution in [3.05, 3.63) is 53.6 Å². The van der Waals surface area contributed by atoms with Gasteiger partial charge in [0.2, 0.25) is 5.91 Å². The Morgan fingerprint density at radius 2 is 1.88 bits per heavy atom. The van der Waals surface area contributed by atoms with Gasteiger partial charge in [0.25, 0.3) is 0 Å². The molecule has 0 spiro atoms. The first-order valence-electron chi connectivity index (χ1n) is 8.65. The second-order valence-corrected chi connectivity index (χ2v) is 6.96. The smallest absolute Gasteiger partial charge is 0.237 e. The first-order valence-corrected chi connectivity index (χ1v) is 9.64. The minimum absolute atomic E-state index is 0.00682. The molecule has 2 rings (SSSR count). The highest BCUT2D eigenvalue weighted by Crippen LogP contribution is 2.24. The normalized spacial score (nSPS) is 10.2. The van der Waals surface area contributed by atoms with Crippen molar-refractivity contribution in [1.82, 2.24) is 0 Å². The molecule has 0 radical (unpaired) electrons. The van der Waals surface area contributed by atoms with Crippen LogP contribution >= 0.6 is 11.8 Å². The van der Waals surface area contributed by atoms with Gasteiger partial charge in [-0.2, -0.15) is 5.26 Å². The number of nitriles is 1. The van der Waals surface area contributed by atoms with E-state index >= 15 is 0 Å². The standard InChI is InChI=1S/C21H24N2O2S/c1-4-25-19-9-7-18(8-10-19)23(13-5-12-22)21(24)15-26-20-11-6-16(2)17(3)14-20/h6-11,14H,4-5,13,15H2,1-3H3. The highest BCUT2D eigenvalue weighted by atomic mass is 32.2. The van der Waals surface area contributed by atoms with Gasteiger partial charge < -0.3 is 9.64 Å². The van der Waals surface area contributed by atoms with Crippen LogP contribution in [0.15, 0.2) is 47.4 Å². The van der Waals surface area contributed by atoms with Crippen molar-refractivity contribution in [2.24, 2.45) is 0 Å². The van der Waals surface area contributed by atoms with Crippen LogP contribution in [0.2, 0.25) is 0 Å². The summed E-state index contributed by atoms with van der Waals surface area (Å²) >= 11 is 1.52. The summed E-state index contributed by atoms with van der Waals surface area (Å²) in [5, 5.41) is 8.91. The number of hydrogen-bond donors (Lipinski definition) is 0. The molecule has 0 aliphatic carbocycles. The van der Waals surface area contributed by atoms with E-state index in [4.69, 9.17) is 10.00 Å². The van der Waals surface area contributed by atoms with Crippen LogP contribution in [0.1, 0.15) is 24.5 Å². The van der Waals surface area contributed by atoms with E-state index in [1.807, 2.05) is 37.3 Å². The van der Waals surface area contributed by atoms with E-state index in [0.29, 0.717) is 25.3 Å². The average molecular weight is 369 g/mol. The van der Waals surface area contributed by atoms with E-state index in [1.165, 1.54) is 22.9 Å². The molecule has 5 heteroatoms. The van der Waals surface area contributed by atoms with Crippen molar-refractivity contribution < 1.29 is 9.53 Å². The van der Waals surface area contributed by atoms with Gasteiger partial charge in [0.05, 0.1) is 24.8 Å². The van der Waals surface area contributed by atoms with Gasteiger partial charge in [0, 0.05) is 17.1 Å². The van der Waals surface area contributed by atoms with Crippen LogP contribution in [0.4, 0.5) is 5.69 Å². The van der Waals surface area contributed by atoms with Crippen LogP contribution in [-0.4, -0.2) is 24.8 Å². The molecule has 0 aromatic heterocycles. The minimum Gasteiger partial charge on any atom is -0.494 e. The molecule has 0 unspecified atom stereocenters. The maximum absolute atomic E-state index is 12.7. The van der Waals surface area contributed by atoms with E-state index in [-0.39, 0.29) is 5.91 Å². The van der Waals surface area contributed by atoms with E-state index in [2.05, 4.69) is 32.0 Å². The molecule has 4 nitrogen and oxygen atoms in total. The SMILES string of the molecule is CCOc1ccc(N(CCC#N)C(=O)CSc2ccc(C)c(C)c2)cc1. The molecule has 0 heterocycles. The van der Waals surface area contributed by atoms with Gasteiger partial charge in [-0.25, -0.2) is 0 Å². The van der Waals surface area contributed by atoms with Gasteiger partial charge in [-0.3, -0.25) is 4.79 Å². The van der Waals surface area contributed by atoms with Gasteiger partial charge in [-0.05, 0) is 68.3 Å². The summed E-state index contributed by atoms with van der Waals surface area (Å²) in [5.41, 5.74) is 3.25. The van der Waals surface area contributed by atoms with Crippen molar-refractivity contribution >= 4 is 23.4 Å². The number of rotatable bonds is 8. The zero-order valence-electron chi connectivity index (χ0n) is 15.5. The molecule has 0 N–H and O–H groups in total. The number of nitrogens with zero attached hydrogens (tertiary/aromatic N) is 2. The molecular weight excluding hydrogens is 344 g/mol. The second-order valence-electron chi connectivity index (χ2n) is 5.92. The van der Waals surface area contributed by atoms with Gasteiger partial charge >= 0.3 is 0 Å².